The summed E-state index contributed by atoms with van der Waals surface area (Å²) in [5, 5.41) is 11.8. The van der Waals surface area contributed by atoms with Gasteiger partial charge in [-0.15, -0.1) is 5.10 Å². The second kappa shape index (κ2) is 8.58. The molecule has 0 bridgehead atoms. The molecule has 3 rings (SSSR count). The van der Waals surface area contributed by atoms with Crippen LogP contribution in [0.5, 0.6) is 0 Å². The monoisotopic (exact) mass is 413 g/mol. The first-order chi connectivity index (χ1) is 13.8. The van der Waals surface area contributed by atoms with Crippen LogP contribution >= 0.6 is 0 Å². The molecule has 1 fully saturated rings. The molecule has 2 N–H and O–H groups in total. The van der Waals surface area contributed by atoms with Crippen molar-refractivity contribution >= 4 is 11.8 Å². The predicted molar refractivity (Wildman–Crippen MR) is 93.7 cm³/mol. The summed E-state index contributed by atoms with van der Waals surface area (Å²) in [7, 11) is 0. The van der Waals surface area contributed by atoms with Crippen LogP contribution in [0.25, 0.3) is 5.69 Å². The molecule has 2 amide bonds. The van der Waals surface area contributed by atoms with Gasteiger partial charge in [0, 0.05) is 19.0 Å². The third kappa shape index (κ3) is 5.09. The van der Waals surface area contributed by atoms with E-state index < -0.39 is 29.3 Å². The van der Waals surface area contributed by atoms with Crippen molar-refractivity contribution in [3.8, 4) is 5.69 Å². The number of amides is 2. The standard InChI is InChI=1S/C18H19F4N5O2/c19-11-4-3-7-13(10-11)27-16(18(20,21)22)15(25-26-27)17(29)23-9-8-14(28)24-12-5-1-2-6-12/h3-4,7,10,12H,1-2,5-6,8-9H2,(H,23,29)(H,24,28). The van der Waals surface area contributed by atoms with Crippen molar-refractivity contribution in [2.24, 2.45) is 0 Å². The van der Waals surface area contributed by atoms with E-state index in [1.807, 2.05) is 0 Å². The van der Waals surface area contributed by atoms with E-state index >= 15 is 0 Å². The van der Waals surface area contributed by atoms with Gasteiger partial charge in [0.25, 0.3) is 5.91 Å². The molecule has 1 aromatic heterocycles. The fourth-order valence-electron chi connectivity index (χ4n) is 3.22. The van der Waals surface area contributed by atoms with Crippen molar-refractivity contribution in [3.05, 3.63) is 41.5 Å². The van der Waals surface area contributed by atoms with Gasteiger partial charge in [0.05, 0.1) is 5.69 Å². The second-order valence-electron chi connectivity index (χ2n) is 6.73. The van der Waals surface area contributed by atoms with E-state index in [9.17, 15) is 27.2 Å². The second-order valence-corrected chi connectivity index (χ2v) is 6.73. The van der Waals surface area contributed by atoms with E-state index in [0.717, 1.165) is 37.8 Å². The summed E-state index contributed by atoms with van der Waals surface area (Å²) >= 11 is 0. The molecule has 1 aliphatic rings. The number of halogens is 4. The van der Waals surface area contributed by atoms with Crippen molar-refractivity contribution < 1.29 is 27.2 Å². The molecule has 0 atom stereocenters. The minimum absolute atomic E-state index is 0.0678. The molecule has 11 heteroatoms. The van der Waals surface area contributed by atoms with E-state index in [2.05, 4.69) is 20.9 Å². The lowest BCUT2D eigenvalue weighted by atomic mass is 10.2. The minimum atomic E-state index is -4.96. The molecule has 7 nitrogen and oxygen atoms in total. The topological polar surface area (TPSA) is 88.9 Å². The van der Waals surface area contributed by atoms with Gasteiger partial charge in [-0.1, -0.05) is 24.1 Å². The lowest BCUT2D eigenvalue weighted by molar-refractivity contribution is -0.143. The van der Waals surface area contributed by atoms with Crippen LogP contribution in [0.2, 0.25) is 0 Å². The summed E-state index contributed by atoms with van der Waals surface area (Å²) < 4.78 is 54.3. The van der Waals surface area contributed by atoms with Gasteiger partial charge in [0.1, 0.15) is 5.82 Å². The van der Waals surface area contributed by atoms with Crippen molar-refractivity contribution in [2.75, 3.05) is 6.54 Å². The zero-order chi connectivity index (χ0) is 21.0. The number of nitrogens with one attached hydrogen (secondary N) is 2. The molecule has 1 aromatic carbocycles. The molecule has 0 spiro atoms. The first-order valence-electron chi connectivity index (χ1n) is 9.12. The van der Waals surface area contributed by atoms with Gasteiger partial charge in [0.15, 0.2) is 11.4 Å². The van der Waals surface area contributed by atoms with Gasteiger partial charge in [0.2, 0.25) is 5.91 Å². The van der Waals surface area contributed by atoms with Crippen LogP contribution in [0.1, 0.15) is 48.3 Å². The van der Waals surface area contributed by atoms with Gasteiger partial charge < -0.3 is 10.6 Å². The highest BCUT2D eigenvalue weighted by atomic mass is 19.4. The molecule has 1 aliphatic carbocycles. The average Bonchev–Trinajstić information content (AvgIpc) is 3.30. The third-order valence-electron chi connectivity index (χ3n) is 4.56. The largest absolute Gasteiger partial charge is 0.435 e. The molecule has 156 valence electrons. The van der Waals surface area contributed by atoms with Crippen LogP contribution in [0.4, 0.5) is 17.6 Å². The van der Waals surface area contributed by atoms with Gasteiger partial charge in [-0.3, -0.25) is 9.59 Å². The summed E-state index contributed by atoms with van der Waals surface area (Å²) in [5.74, 6) is -2.16. The highest BCUT2D eigenvalue weighted by Gasteiger charge is 2.42. The van der Waals surface area contributed by atoms with Crippen LogP contribution in [0.3, 0.4) is 0 Å². The number of aromatic nitrogens is 3. The number of benzene rings is 1. The highest BCUT2D eigenvalue weighted by molar-refractivity contribution is 5.93. The number of alkyl halides is 3. The number of hydrogen-bond donors (Lipinski definition) is 2. The Bertz CT molecular complexity index is 891. The molecule has 0 aliphatic heterocycles. The zero-order valence-electron chi connectivity index (χ0n) is 15.3. The Balaban J connectivity index is 1.69. The summed E-state index contributed by atoms with van der Waals surface area (Å²) in [6, 6.07) is 4.45. The van der Waals surface area contributed by atoms with Gasteiger partial charge in [-0.2, -0.15) is 13.2 Å². The zero-order valence-corrected chi connectivity index (χ0v) is 15.3. The quantitative estimate of drug-likeness (QED) is 0.713. The Labute approximate surface area is 163 Å². The van der Waals surface area contributed by atoms with Crippen molar-refractivity contribution in [3.63, 3.8) is 0 Å². The lowest BCUT2D eigenvalue weighted by Crippen LogP contribution is -2.36. The number of carbonyl (C=O) groups excluding carboxylic acids is 2. The molecule has 1 heterocycles. The molecule has 0 unspecified atom stereocenters. The Hall–Kier alpha value is -2.98. The number of carbonyl (C=O) groups is 2. The number of nitrogens with zero attached hydrogens (tertiary/aromatic N) is 3. The Morgan fingerprint density at radius 2 is 1.93 bits per heavy atom. The van der Waals surface area contributed by atoms with Crippen molar-refractivity contribution in [1.29, 1.82) is 0 Å². The van der Waals surface area contributed by atoms with Crippen molar-refractivity contribution in [1.82, 2.24) is 25.6 Å². The molecule has 0 saturated heterocycles. The highest BCUT2D eigenvalue weighted by Crippen LogP contribution is 2.32. The summed E-state index contributed by atoms with van der Waals surface area (Å²) in [5.41, 5.74) is -2.59. The van der Waals surface area contributed by atoms with Crippen molar-refractivity contribution in [2.45, 2.75) is 44.3 Å². The van der Waals surface area contributed by atoms with E-state index in [1.165, 1.54) is 12.1 Å². The molecule has 1 saturated carbocycles. The van der Waals surface area contributed by atoms with Gasteiger partial charge >= 0.3 is 6.18 Å². The van der Waals surface area contributed by atoms with Crippen LogP contribution in [0, 0.1) is 5.82 Å². The maximum Gasteiger partial charge on any atom is 0.435 e. The van der Waals surface area contributed by atoms with Crippen LogP contribution in [0.15, 0.2) is 24.3 Å². The molecule has 29 heavy (non-hydrogen) atoms. The summed E-state index contributed by atoms with van der Waals surface area (Å²) in [6.45, 7) is -0.151. The molecular formula is C18H19F4N5O2. The predicted octanol–water partition coefficient (Wildman–Crippen LogP) is 2.60. The lowest BCUT2D eigenvalue weighted by Gasteiger charge is -2.12. The molecular weight excluding hydrogens is 394 g/mol. The summed E-state index contributed by atoms with van der Waals surface area (Å²) in [4.78, 5) is 24.1. The fraction of sp³-hybridized carbons (Fsp3) is 0.444. The Morgan fingerprint density at radius 3 is 2.59 bits per heavy atom. The molecule has 0 radical (unpaired) electrons. The third-order valence-corrected chi connectivity index (χ3v) is 4.56. The number of rotatable bonds is 6. The number of hydrogen-bond acceptors (Lipinski definition) is 4. The summed E-state index contributed by atoms with van der Waals surface area (Å²) in [6.07, 6.45) is -1.14. The van der Waals surface area contributed by atoms with Gasteiger partial charge in [-0.05, 0) is 31.0 Å². The Morgan fingerprint density at radius 1 is 1.21 bits per heavy atom. The molecule has 2 aromatic rings. The normalized spacial score (nSPS) is 14.8. The fourth-order valence-corrected chi connectivity index (χ4v) is 3.22. The SMILES string of the molecule is O=C(CCNC(=O)c1nnn(-c2cccc(F)c2)c1C(F)(F)F)NC1CCCC1. The average molecular weight is 413 g/mol. The van der Waals surface area contributed by atoms with E-state index in [1.54, 1.807) is 0 Å². The van der Waals surface area contributed by atoms with Crippen LogP contribution < -0.4 is 10.6 Å². The minimum Gasteiger partial charge on any atom is -0.353 e. The van der Waals surface area contributed by atoms with E-state index in [0.29, 0.717) is 4.68 Å². The maximum absolute atomic E-state index is 13.5. The smallest absolute Gasteiger partial charge is 0.353 e. The van der Waals surface area contributed by atoms with Crippen LogP contribution in [-0.4, -0.2) is 39.4 Å². The first kappa shape index (κ1) is 20.7. The maximum atomic E-state index is 13.5. The first-order valence-corrected chi connectivity index (χ1v) is 9.12. The Kier molecular flexibility index (Phi) is 6.14. The van der Waals surface area contributed by atoms with Crippen LogP contribution in [-0.2, 0) is 11.0 Å². The van der Waals surface area contributed by atoms with Gasteiger partial charge in [-0.25, -0.2) is 9.07 Å². The van der Waals surface area contributed by atoms with E-state index in [-0.39, 0.29) is 30.6 Å². The van der Waals surface area contributed by atoms with E-state index in [4.69, 9.17) is 0 Å².